The Morgan fingerprint density at radius 1 is 1.33 bits per heavy atom. The van der Waals surface area contributed by atoms with Crippen LogP contribution in [-0.2, 0) is 19.5 Å². The normalized spacial score (nSPS) is 19.2. The lowest BCUT2D eigenvalue weighted by atomic mass is 10.1. The van der Waals surface area contributed by atoms with E-state index in [0.717, 1.165) is 38.0 Å². The third-order valence-electron chi connectivity index (χ3n) is 4.30. The fraction of sp³-hybridized carbons (Fsp3) is 0.667. The number of hydrogen-bond acceptors (Lipinski definition) is 5. The second-order valence-corrected chi connectivity index (χ2v) is 6.43. The lowest BCUT2D eigenvalue weighted by Gasteiger charge is -2.25. The van der Waals surface area contributed by atoms with Crippen molar-refractivity contribution in [3.8, 4) is 0 Å². The zero-order valence-corrected chi connectivity index (χ0v) is 12.6. The Morgan fingerprint density at radius 2 is 2.19 bits per heavy atom. The monoisotopic (exact) mass is 287 g/mol. The minimum Gasteiger partial charge on any atom is -0.424 e. The van der Waals surface area contributed by atoms with Gasteiger partial charge in [-0.2, -0.15) is 0 Å². The lowest BCUT2D eigenvalue weighted by Crippen LogP contribution is -2.31. The van der Waals surface area contributed by atoms with E-state index in [4.69, 9.17) is 4.42 Å². The lowest BCUT2D eigenvalue weighted by molar-refractivity contribution is 0.214. The summed E-state index contributed by atoms with van der Waals surface area (Å²) in [7, 11) is 0. The van der Waals surface area contributed by atoms with Crippen LogP contribution in [0.1, 0.15) is 61.8 Å². The molecule has 0 radical (unpaired) electrons. The predicted molar refractivity (Wildman–Crippen MR) is 76.7 cm³/mol. The quantitative estimate of drug-likeness (QED) is 0.863. The molecule has 0 aromatic carbocycles. The average Bonchev–Trinajstić information content (AvgIpc) is 3.05. The largest absolute Gasteiger partial charge is 0.424 e. The molecule has 2 aliphatic rings. The van der Waals surface area contributed by atoms with Gasteiger partial charge in [-0.15, -0.1) is 10.2 Å². The summed E-state index contributed by atoms with van der Waals surface area (Å²) in [5, 5.41) is 8.25. The Kier molecular flexibility index (Phi) is 3.06. The molecule has 1 aliphatic carbocycles. The van der Waals surface area contributed by atoms with Crippen molar-refractivity contribution in [3.05, 3.63) is 29.5 Å². The Balaban J connectivity index is 1.45. The van der Waals surface area contributed by atoms with Crippen LogP contribution >= 0.6 is 0 Å². The zero-order chi connectivity index (χ0) is 14.4. The van der Waals surface area contributed by atoms with Crippen LogP contribution in [0.15, 0.2) is 10.7 Å². The van der Waals surface area contributed by atoms with Crippen molar-refractivity contribution >= 4 is 0 Å². The molecule has 1 fully saturated rings. The van der Waals surface area contributed by atoms with E-state index in [0.29, 0.717) is 5.89 Å². The average molecular weight is 287 g/mol. The Bertz CT molecular complexity index is 640. The highest BCUT2D eigenvalue weighted by molar-refractivity contribution is 5.18. The summed E-state index contributed by atoms with van der Waals surface area (Å²) in [6.07, 6.45) is 5.71. The molecule has 0 atom stereocenters. The van der Waals surface area contributed by atoms with E-state index in [1.807, 2.05) is 6.33 Å². The van der Waals surface area contributed by atoms with Crippen LogP contribution in [0, 0.1) is 0 Å². The fourth-order valence-electron chi connectivity index (χ4n) is 2.94. The number of hydrogen-bond donors (Lipinski definition) is 0. The van der Waals surface area contributed by atoms with Gasteiger partial charge in [-0.25, -0.2) is 4.98 Å². The van der Waals surface area contributed by atoms with Gasteiger partial charge in [-0.3, -0.25) is 4.90 Å². The van der Waals surface area contributed by atoms with Gasteiger partial charge >= 0.3 is 0 Å². The molecule has 6 nitrogen and oxygen atoms in total. The molecule has 21 heavy (non-hydrogen) atoms. The molecule has 2 aromatic rings. The van der Waals surface area contributed by atoms with Crippen molar-refractivity contribution in [3.63, 3.8) is 0 Å². The molecule has 0 unspecified atom stereocenters. The van der Waals surface area contributed by atoms with E-state index >= 15 is 0 Å². The number of imidazole rings is 1. The highest BCUT2D eigenvalue weighted by Crippen LogP contribution is 2.37. The minimum atomic E-state index is 0.286. The molecule has 1 aliphatic heterocycles. The molecular weight excluding hydrogens is 266 g/mol. The fourth-order valence-corrected chi connectivity index (χ4v) is 2.94. The number of fused-ring (bicyclic) bond motifs is 1. The van der Waals surface area contributed by atoms with Gasteiger partial charge in [0, 0.05) is 37.2 Å². The van der Waals surface area contributed by atoms with Crippen molar-refractivity contribution in [1.82, 2.24) is 24.6 Å². The second-order valence-electron chi connectivity index (χ2n) is 6.43. The SMILES string of the molecule is CC(C)c1nnc(CN2CCc3c(ncn3C3CC3)C2)o1. The maximum Gasteiger partial charge on any atom is 0.230 e. The summed E-state index contributed by atoms with van der Waals surface area (Å²) in [5.41, 5.74) is 2.65. The maximum absolute atomic E-state index is 5.70. The van der Waals surface area contributed by atoms with Crippen molar-refractivity contribution < 1.29 is 4.42 Å². The highest BCUT2D eigenvalue weighted by Gasteiger charge is 2.29. The van der Waals surface area contributed by atoms with Crippen LogP contribution < -0.4 is 0 Å². The van der Waals surface area contributed by atoms with E-state index in [-0.39, 0.29) is 5.92 Å². The summed E-state index contributed by atoms with van der Waals surface area (Å²) in [5.74, 6) is 1.72. The Morgan fingerprint density at radius 3 is 2.90 bits per heavy atom. The van der Waals surface area contributed by atoms with Gasteiger partial charge in [0.05, 0.1) is 18.6 Å². The highest BCUT2D eigenvalue weighted by atomic mass is 16.4. The van der Waals surface area contributed by atoms with Crippen LogP contribution in [0.5, 0.6) is 0 Å². The minimum absolute atomic E-state index is 0.286. The van der Waals surface area contributed by atoms with Crippen LogP contribution in [0.3, 0.4) is 0 Å². The molecule has 0 bridgehead atoms. The van der Waals surface area contributed by atoms with Crippen molar-refractivity contribution in [2.24, 2.45) is 0 Å². The van der Waals surface area contributed by atoms with Crippen LogP contribution in [0.2, 0.25) is 0 Å². The molecule has 3 heterocycles. The van der Waals surface area contributed by atoms with Gasteiger partial charge in [0.25, 0.3) is 0 Å². The van der Waals surface area contributed by atoms with Gasteiger partial charge in [0.1, 0.15) is 0 Å². The zero-order valence-electron chi connectivity index (χ0n) is 12.6. The van der Waals surface area contributed by atoms with Gasteiger partial charge in [0.2, 0.25) is 11.8 Å². The first-order valence-electron chi connectivity index (χ1n) is 7.80. The molecule has 0 N–H and O–H groups in total. The van der Waals surface area contributed by atoms with E-state index < -0.39 is 0 Å². The number of aromatic nitrogens is 4. The number of rotatable bonds is 4. The standard InChI is InChI=1S/C15H21N5O/c1-10(2)15-18-17-14(21-15)8-19-6-5-13-12(7-19)16-9-20(13)11-3-4-11/h9-11H,3-8H2,1-2H3. The van der Waals surface area contributed by atoms with Crippen LogP contribution in [0.25, 0.3) is 0 Å². The Labute approximate surface area is 124 Å². The molecule has 0 spiro atoms. The van der Waals surface area contributed by atoms with E-state index in [1.54, 1.807) is 0 Å². The molecule has 6 heteroatoms. The van der Waals surface area contributed by atoms with Gasteiger partial charge in [0.15, 0.2) is 0 Å². The van der Waals surface area contributed by atoms with Gasteiger partial charge < -0.3 is 8.98 Å². The predicted octanol–water partition coefficient (Wildman–Crippen LogP) is 2.28. The third-order valence-corrected chi connectivity index (χ3v) is 4.30. The summed E-state index contributed by atoms with van der Waals surface area (Å²) in [6.45, 7) is 6.76. The van der Waals surface area contributed by atoms with Gasteiger partial charge in [-0.05, 0) is 12.8 Å². The first-order valence-corrected chi connectivity index (χ1v) is 7.80. The first kappa shape index (κ1) is 13.0. The molecule has 0 amide bonds. The molecule has 112 valence electrons. The van der Waals surface area contributed by atoms with Crippen molar-refractivity contribution in [1.29, 1.82) is 0 Å². The number of nitrogens with zero attached hydrogens (tertiary/aromatic N) is 5. The summed E-state index contributed by atoms with van der Waals surface area (Å²) >= 11 is 0. The van der Waals surface area contributed by atoms with E-state index in [2.05, 4.69) is 38.5 Å². The van der Waals surface area contributed by atoms with Gasteiger partial charge in [-0.1, -0.05) is 13.8 Å². The molecule has 1 saturated carbocycles. The Hall–Kier alpha value is -1.69. The molecule has 0 saturated heterocycles. The smallest absolute Gasteiger partial charge is 0.230 e. The summed E-state index contributed by atoms with van der Waals surface area (Å²) in [4.78, 5) is 6.94. The van der Waals surface area contributed by atoms with Crippen LogP contribution in [-0.4, -0.2) is 31.2 Å². The first-order chi connectivity index (χ1) is 10.2. The summed E-state index contributed by atoms with van der Waals surface area (Å²) in [6, 6.07) is 0.720. The second kappa shape index (κ2) is 4.94. The maximum atomic E-state index is 5.70. The molecule has 2 aromatic heterocycles. The van der Waals surface area contributed by atoms with Crippen LogP contribution in [0.4, 0.5) is 0 Å². The topological polar surface area (TPSA) is 60.0 Å². The van der Waals surface area contributed by atoms with Crippen molar-refractivity contribution in [2.75, 3.05) is 6.54 Å². The summed E-state index contributed by atoms with van der Waals surface area (Å²) < 4.78 is 8.08. The molecular formula is C15H21N5O. The van der Waals surface area contributed by atoms with E-state index in [9.17, 15) is 0 Å². The third kappa shape index (κ3) is 2.48. The van der Waals surface area contributed by atoms with Crippen molar-refractivity contribution in [2.45, 2.75) is 58.2 Å². The van der Waals surface area contributed by atoms with E-state index in [1.165, 1.54) is 24.2 Å². The molecule has 4 rings (SSSR count).